The van der Waals surface area contributed by atoms with Crippen LogP contribution in [-0.4, -0.2) is 64.3 Å². The second kappa shape index (κ2) is 8.74. The Morgan fingerprint density at radius 2 is 1.62 bits per heavy atom. The third-order valence-corrected chi connectivity index (χ3v) is 6.05. The number of rotatable bonds is 5. The Labute approximate surface area is 172 Å². The summed E-state index contributed by atoms with van der Waals surface area (Å²) in [7, 11) is 3.33. The van der Waals surface area contributed by atoms with Gasteiger partial charge in [-0.15, -0.1) is 0 Å². The highest BCUT2D eigenvalue weighted by Gasteiger charge is 2.28. The van der Waals surface area contributed by atoms with E-state index in [4.69, 9.17) is 9.47 Å². The maximum absolute atomic E-state index is 12.9. The first-order valence-corrected chi connectivity index (χ1v) is 10.3. The minimum Gasteiger partial charge on any atom is -0.493 e. The highest BCUT2D eigenvalue weighted by atomic mass is 16.5. The van der Waals surface area contributed by atoms with Crippen molar-refractivity contribution in [2.45, 2.75) is 13.0 Å². The Balaban J connectivity index is 1.33. The van der Waals surface area contributed by atoms with Gasteiger partial charge in [-0.3, -0.25) is 4.79 Å². The summed E-state index contributed by atoms with van der Waals surface area (Å²) < 4.78 is 10.9. The predicted molar refractivity (Wildman–Crippen MR) is 113 cm³/mol. The molecule has 0 saturated carbocycles. The van der Waals surface area contributed by atoms with Gasteiger partial charge in [0.2, 0.25) is 0 Å². The van der Waals surface area contributed by atoms with Crippen molar-refractivity contribution in [2.24, 2.45) is 0 Å². The topological polar surface area (TPSA) is 46.5 Å². The van der Waals surface area contributed by atoms with Crippen molar-refractivity contribution in [1.29, 1.82) is 0 Å². The zero-order chi connectivity index (χ0) is 20.2. The molecule has 1 unspecified atom stereocenters. The van der Waals surface area contributed by atoms with Gasteiger partial charge in [-0.05, 0) is 29.8 Å². The molecule has 0 radical (unpaired) electrons. The zero-order valence-electron chi connectivity index (χ0n) is 17.3. The third-order valence-electron chi connectivity index (χ3n) is 6.05. The summed E-state index contributed by atoms with van der Waals surface area (Å²) in [5.41, 5.74) is 3.79. The van der Waals surface area contributed by atoms with Crippen molar-refractivity contribution in [3.63, 3.8) is 0 Å². The van der Waals surface area contributed by atoms with Crippen molar-refractivity contribution < 1.29 is 19.2 Å². The van der Waals surface area contributed by atoms with Gasteiger partial charge in [0.05, 0.1) is 20.8 Å². The number of methoxy groups -OCH3 is 2. The molecule has 2 aliphatic rings. The number of quaternary nitrogens is 1. The number of anilines is 1. The lowest BCUT2D eigenvalue weighted by molar-refractivity contribution is -0.908. The third kappa shape index (κ3) is 4.32. The fraction of sp³-hybridized carbons (Fsp3) is 0.435. The number of piperazine rings is 1. The van der Waals surface area contributed by atoms with Crippen LogP contribution in [-0.2, 0) is 17.8 Å². The Morgan fingerprint density at radius 1 is 0.966 bits per heavy atom. The quantitative estimate of drug-likeness (QED) is 0.819. The van der Waals surface area contributed by atoms with Gasteiger partial charge in [-0.1, -0.05) is 18.2 Å². The van der Waals surface area contributed by atoms with Crippen molar-refractivity contribution in [2.75, 3.05) is 58.4 Å². The van der Waals surface area contributed by atoms with Gasteiger partial charge in [0.15, 0.2) is 18.0 Å². The van der Waals surface area contributed by atoms with E-state index in [1.165, 1.54) is 21.7 Å². The fourth-order valence-electron chi connectivity index (χ4n) is 4.36. The van der Waals surface area contributed by atoms with Crippen LogP contribution >= 0.6 is 0 Å². The standard InChI is InChI=1S/C23H29N3O3/c1-28-21-14-18-8-9-24(16-19(18)15-22(21)29-2)17-23(27)26-12-10-25(11-13-26)20-6-4-3-5-7-20/h3-7,14-15H,8-13,16-17H2,1-2H3/p+1. The van der Waals surface area contributed by atoms with E-state index in [1.54, 1.807) is 14.2 Å². The number of carbonyl (C=O) groups excluding carboxylic acids is 1. The molecule has 1 N–H and O–H groups in total. The first kappa shape index (κ1) is 19.6. The molecule has 2 aromatic rings. The number of hydrogen-bond acceptors (Lipinski definition) is 4. The van der Waals surface area contributed by atoms with Gasteiger partial charge < -0.3 is 24.2 Å². The van der Waals surface area contributed by atoms with E-state index < -0.39 is 0 Å². The minimum absolute atomic E-state index is 0.261. The number of nitrogens with zero attached hydrogens (tertiary/aromatic N) is 2. The summed E-state index contributed by atoms with van der Waals surface area (Å²) >= 11 is 0. The normalized spacial score (nSPS) is 18.9. The maximum atomic E-state index is 12.9. The summed E-state index contributed by atoms with van der Waals surface area (Å²) in [5.74, 6) is 1.80. The molecule has 2 heterocycles. The van der Waals surface area contributed by atoms with Crippen LogP contribution in [0.3, 0.4) is 0 Å². The molecule has 6 nitrogen and oxygen atoms in total. The highest BCUT2D eigenvalue weighted by Crippen LogP contribution is 2.31. The Morgan fingerprint density at radius 3 is 2.28 bits per heavy atom. The van der Waals surface area contributed by atoms with Crippen LogP contribution in [0.1, 0.15) is 11.1 Å². The molecule has 1 fully saturated rings. The molecular weight excluding hydrogens is 366 g/mol. The molecule has 0 aromatic heterocycles. The molecule has 1 atom stereocenters. The number of para-hydroxylation sites is 1. The van der Waals surface area contributed by atoms with Gasteiger partial charge in [0.25, 0.3) is 5.91 Å². The molecule has 0 spiro atoms. The first-order valence-electron chi connectivity index (χ1n) is 10.3. The number of hydrogen-bond donors (Lipinski definition) is 1. The number of nitrogens with one attached hydrogen (secondary N) is 1. The summed E-state index contributed by atoms with van der Waals surface area (Å²) in [6.07, 6.45) is 0.958. The van der Waals surface area contributed by atoms with E-state index in [9.17, 15) is 4.79 Å². The molecule has 2 aromatic carbocycles. The summed E-state index contributed by atoms with van der Waals surface area (Å²) in [4.78, 5) is 18.6. The number of fused-ring (bicyclic) bond motifs is 1. The monoisotopic (exact) mass is 396 g/mol. The van der Waals surface area contributed by atoms with Crippen molar-refractivity contribution in [3.05, 3.63) is 53.6 Å². The SMILES string of the molecule is COc1cc2c(cc1OC)C[NH+](CC(=O)N1CCN(c3ccccc3)CC1)CC2. The molecule has 6 heteroatoms. The lowest BCUT2D eigenvalue weighted by Crippen LogP contribution is -3.12. The summed E-state index contributed by atoms with van der Waals surface area (Å²) in [6, 6.07) is 14.6. The number of carbonyl (C=O) groups is 1. The Bertz CT molecular complexity index is 848. The van der Waals surface area contributed by atoms with E-state index in [1.807, 2.05) is 11.0 Å². The highest BCUT2D eigenvalue weighted by molar-refractivity contribution is 5.77. The van der Waals surface area contributed by atoms with Gasteiger partial charge in [0.1, 0.15) is 6.54 Å². The Hall–Kier alpha value is -2.73. The van der Waals surface area contributed by atoms with E-state index in [0.717, 1.165) is 57.2 Å². The molecule has 0 bridgehead atoms. The summed E-state index contributed by atoms with van der Waals surface area (Å²) in [5, 5.41) is 0. The van der Waals surface area contributed by atoms with Gasteiger partial charge in [0, 0.05) is 43.9 Å². The van der Waals surface area contributed by atoms with Crippen LogP contribution in [0.5, 0.6) is 11.5 Å². The maximum Gasteiger partial charge on any atom is 0.277 e. The molecule has 29 heavy (non-hydrogen) atoms. The van der Waals surface area contributed by atoms with E-state index in [-0.39, 0.29) is 5.91 Å². The van der Waals surface area contributed by atoms with Crippen molar-refractivity contribution in [1.82, 2.24) is 4.90 Å². The van der Waals surface area contributed by atoms with Gasteiger partial charge in [-0.2, -0.15) is 0 Å². The van der Waals surface area contributed by atoms with Crippen LogP contribution < -0.4 is 19.3 Å². The first-order chi connectivity index (χ1) is 14.2. The lowest BCUT2D eigenvalue weighted by Gasteiger charge is -2.36. The minimum atomic E-state index is 0.261. The molecule has 4 rings (SSSR count). The fourth-order valence-corrected chi connectivity index (χ4v) is 4.36. The predicted octanol–water partition coefficient (Wildman–Crippen LogP) is 0.994. The summed E-state index contributed by atoms with van der Waals surface area (Å²) in [6.45, 7) is 5.75. The number of amides is 1. The average molecular weight is 397 g/mol. The zero-order valence-corrected chi connectivity index (χ0v) is 17.3. The largest absolute Gasteiger partial charge is 0.493 e. The van der Waals surface area contributed by atoms with E-state index >= 15 is 0 Å². The Kier molecular flexibility index (Phi) is 5.90. The number of ether oxygens (including phenoxy) is 2. The van der Waals surface area contributed by atoms with E-state index in [0.29, 0.717) is 6.54 Å². The molecule has 1 saturated heterocycles. The van der Waals surface area contributed by atoms with Crippen LogP contribution in [0.15, 0.2) is 42.5 Å². The van der Waals surface area contributed by atoms with Crippen LogP contribution in [0, 0.1) is 0 Å². The van der Waals surface area contributed by atoms with Gasteiger partial charge in [-0.25, -0.2) is 0 Å². The molecule has 1 amide bonds. The van der Waals surface area contributed by atoms with Crippen LogP contribution in [0.2, 0.25) is 0 Å². The van der Waals surface area contributed by atoms with Crippen molar-refractivity contribution >= 4 is 11.6 Å². The smallest absolute Gasteiger partial charge is 0.277 e. The molecule has 0 aliphatic carbocycles. The average Bonchev–Trinajstić information content (AvgIpc) is 2.78. The van der Waals surface area contributed by atoms with Gasteiger partial charge >= 0.3 is 0 Å². The molecule has 154 valence electrons. The van der Waals surface area contributed by atoms with E-state index in [2.05, 4.69) is 41.3 Å². The van der Waals surface area contributed by atoms with Crippen LogP contribution in [0.25, 0.3) is 0 Å². The van der Waals surface area contributed by atoms with Crippen molar-refractivity contribution in [3.8, 4) is 11.5 Å². The van der Waals surface area contributed by atoms with Crippen LogP contribution in [0.4, 0.5) is 5.69 Å². The second-order valence-corrected chi connectivity index (χ2v) is 7.78. The lowest BCUT2D eigenvalue weighted by atomic mass is 9.98. The molecular formula is C23H30N3O3+. The second-order valence-electron chi connectivity index (χ2n) is 7.78. The molecule has 2 aliphatic heterocycles. The number of benzene rings is 2.